The molecule has 6 rings (SSSR count). The van der Waals surface area contributed by atoms with E-state index < -0.39 is 15.8 Å². The molecule has 0 radical (unpaired) electrons. The lowest BCUT2D eigenvalue weighted by Crippen LogP contribution is -2.55. The number of aromatic nitrogens is 2. The van der Waals surface area contributed by atoms with Crippen LogP contribution >= 0.6 is 0 Å². The van der Waals surface area contributed by atoms with Crippen molar-refractivity contribution in [1.82, 2.24) is 14.9 Å². The highest BCUT2D eigenvalue weighted by molar-refractivity contribution is 7.92. The first-order chi connectivity index (χ1) is 19.4. The number of rotatable bonds is 4. The van der Waals surface area contributed by atoms with Crippen LogP contribution in [0.5, 0.6) is 5.88 Å². The average Bonchev–Trinajstić information content (AvgIpc) is 3.70. The second-order valence-corrected chi connectivity index (χ2v) is 14.0. The van der Waals surface area contributed by atoms with E-state index in [1.54, 1.807) is 31.2 Å². The van der Waals surface area contributed by atoms with Crippen LogP contribution in [0.1, 0.15) is 67.4 Å². The summed E-state index contributed by atoms with van der Waals surface area (Å²) >= 11 is 0. The molecule has 0 saturated heterocycles. The Labute approximate surface area is 240 Å². The molecule has 2 saturated carbocycles. The van der Waals surface area contributed by atoms with Gasteiger partial charge in [-0.15, -0.1) is 0 Å². The maximum Gasteiger partial charge on any atom is 0.264 e. The second-order valence-electron chi connectivity index (χ2n) is 12.3. The number of ether oxygens (including phenoxy) is 1. The summed E-state index contributed by atoms with van der Waals surface area (Å²) in [6, 6.07) is 10.6. The van der Waals surface area contributed by atoms with Gasteiger partial charge in [0.25, 0.3) is 15.9 Å². The van der Waals surface area contributed by atoms with Gasteiger partial charge in [-0.3, -0.25) is 4.79 Å². The van der Waals surface area contributed by atoms with E-state index in [9.17, 15) is 17.6 Å². The smallest absolute Gasteiger partial charge is 0.264 e. The summed E-state index contributed by atoms with van der Waals surface area (Å²) in [5, 5.41) is 0. The Hall–Kier alpha value is -3.53. The molecule has 3 aliphatic rings. The van der Waals surface area contributed by atoms with Crippen molar-refractivity contribution in [2.45, 2.75) is 76.8 Å². The topological polar surface area (TPSA) is 101 Å². The van der Waals surface area contributed by atoms with E-state index >= 15 is 0 Å². The molecule has 1 aliphatic heterocycles. The Bertz CT molecular complexity index is 1630. The fourth-order valence-corrected chi connectivity index (χ4v) is 7.34. The van der Waals surface area contributed by atoms with Crippen molar-refractivity contribution in [3.05, 3.63) is 65.0 Å². The summed E-state index contributed by atoms with van der Waals surface area (Å²) in [6.07, 6.45) is 5.00. The highest BCUT2D eigenvalue weighted by Crippen LogP contribution is 2.62. The number of aryl methyl sites for hydroxylation is 1. The van der Waals surface area contributed by atoms with Crippen LogP contribution in [0.25, 0.3) is 11.3 Å². The molecule has 4 bridgehead atoms. The number of fused-ring (bicyclic) bond motifs is 4. The summed E-state index contributed by atoms with van der Waals surface area (Å²) in [4.78, 5) is 24.8. The van der Waals surface area contributed by atoms with Gasteiger partial charge in [-0.25, -0.2) is 22.5 Å². The molecule has 1 atom stereocenters. The van der Waals surface area contributed by atoms with Gasteiger partial charge in [-0.05, 0) is 92.7 Å². The van der Waals surface area contributed by atoms with Crippen molar-refractivity contribution in [2.24, 2.45) is 11.3 Å². The van der Waals surface area contributed by atoms with Gasteiger partial charge in [0.15, 0.2) is 0 Å². The van der Waals surface area contributed by atoms with Crippen LogP contribution in [0.3, 0.4) is 0 Å². The maximum atomic E-state index is 14.6. The van der Waals surface area contributed by atoms with Gasteiger partial charge >= 0.3 is 0 Å². The predicted octanol–water partition coefficient (Wildman–Crippen LogP) is 5.89. The van der Waals surface area contributed by atoms with Crippen molar-refractivity contribution in [2.75, 3.05) is 11.3 Å². The second kappa shape index (κ2) is 10.1. The van der Waals surface area contributed by atoms with Crippen molar-refractivity contribution >= 4 is 21.9 Å². The van der Waals surface area contributed by atoms with Crippen LogP contribution in [0.15, 0.2) is 47.4 Å². The van der Waals surface area contributed by atoms with E-state index in [0.717, 1.165) is 18.4 Å². The minimum atomic E-state index is -4.16. The minimum absolute atomic E-state index is 0.0648. The lowest BCUT2D eigenvalue weighted by Gasteiger charge is -2.47. The molecule has 3 aromatic rings. The molecule has 216 valence electrons. The molecule has 2 fully saturated rings. The van der Waals surface area contributed by atoms with E-state index in [0.29, 0.717) is 34.2 Å². The Morgan fingerprint density at radius 3 is 2.59 bits per heavy atom. The number of nitrogens with zero attached hydrogens (tertiary/aromatic N) is 3. The number of hydrogen-bond donors (Lipinski definition) is 1. The van der Waals surface area contributed by atoms with Gasteiger partial charge in [-0.1, -0.05) is 26.0 Å². The molecule has 10 heteroatoms. The summed E-state index contributed by atoms with van der Waals surface area (Å²) in [6.45, 7) is 7.90. The van der Waals surface area contributed by atoms with Gasteiger partial charge in [0.1, 0.15) is 12.4 Å². The lowest BCUT2D eigenvalue weighted by molar-refractivity contribution is 0.00919. The van der Waals surface area contributed by atoms with Gasteiger partial charge < -0.3 is 9.64 Å². The molecular weight excluding hydrogens is 543 g/mol. The van der Waals surface area contributed by atoms with Crippen molar-refractivity contribution in [1.29, 1.82) is 0 Å². The van der Waals surface area contributed by atoms with Crippen molar-refractivity contribution in [3.63, 3.8) is 0 Å². The zero-order valence-corrected chi connectivity index (χ0v) is 24.6. The Morgan fingerprint density at radius 2 is 1.88 bits per heavy atom. The summed E-state index contributed by atoms with van der Waals surface area (Å²) in [5.41, 5.74) is 2.74. The molecule has 1 spiro atoms. The van der Waals surface area contributed by atoms with Crippen LogP contribution in [-0.4, -0.2) is 47.9 Å². The van der Waals surface area contributed by atoms with Gasteiger partial charge in [-0.2, -0.15) is 4.98 Å². The zero-order chi connectivity index (χ0) is 29.1. The van der Waals surface area contributed by atoms with Crippen molar-refractivity contribution in [3.8, 4) is 17.1 Å². The Balaban J connectivity index is 1.49. The fraction of sp³-hybridized carbons (Fsp3) is 0.452. The number of carbonyl (C=O) groups is 1. The third-order valence-corrected chi connectivity index (χ3v) is 9.99. The molecule has 1 unspecified atom stereocenters. The van der Waals surface area contributed by atoms with Gasteiger partial charge in [0.05, 0.1) is 16.6 Å². The average molecular weight is 579 g/mol. The standard InChI is InChI=1S/C31H35FN4O4S/c1-18(2)12-22-17-40-27-14-26(28-19(3)8-9-25(32)20(28)4)33-30(34-27)35-41(38,39)24-7-5-6-21(13-24)29(37)36(22)23-15-31(16-23)10-11-31/h5-9,13-14,18,22-23H,10-12,15-17H2,1-4H3,(H,33,34,35). The number of nitrogens with one attached hydrogen (secondary N) is 1. The first kappa shape index (κ1) is 27.6. The number of halogens is 1. The first-order valence-electron chi connectivity index (χ1n) is 14.2. The van der Waals surface area contributed by atoms with E-state index in [4.69, 9.17) is 4.74 Å². The van der Waals surface area contributed by atoms with Crippen LogP contribution in [0, 0.1) is 31.0 Å². The number of anilines is 1. The molecular formula is C31H35FN4O4S. The third-order valence-electron chi connectivity index (χ3n) is 8.67. The van der Waals surface area contributed by atoms with E-state index in [1.165, 1.54) is 31.0 Å². The van der Waals surface area contributed by atoms with Gasteiger partial charge in [0, 0.05) is 23.2 Å². The van der Waals surface area contributed by atoms with Crippen LogP contribution < -0.4 is 9.46 Å². The number of sulfonamides is 1. The third kappa shape index (κ3) is 5.29. The molecule has 2 aliphatic carbocycles. The van der Waals surface area contributed by atoms with E-state index in [2.05, 4.69) is 28.5 Å². The first-order valence-corrected chi connectivity index (χ1v) is 15.7. The molecule has 1 aromatic heterocycles. The number of amides is 1. The largest absolute Gasteiger partial charge is 0.475 e. The molecule has 2 aromatic carbocycles. The van der Waals surface area contributed by atoms with Crippen molar-refractivity contribution < 1.29 is 22.3 Å². The van der Waals surface area contributed by atoms with Crippen LogP contribution in [0.2, 0.25) is 0 Å². The normalized spacial score (nSPS) is 21.3. The predicted molar refractivity (Wildman–Crippen MR) is 154 cm³/mol. The highest BCUT2D eigenvalue weighted by atomic mass is 32.2. The molecule has 8 nitrogen and oxygen atoms in total. The summed E-state index contributed by atoms with van der Waals surface area (Å²) in [7, 11) is -4.16. The van der Waals surface area contributed by atoms with Crippen LogP contribution in [-0.2, 0) is 10.0 Å². The Kier molecular flexibility index (Phi) is 6.79. The molecule has 1 amide bonds. The zero-order valence-electron chi connectivity index (χ0n) is 23.8. The lowest BCUT2D eigenvalue weighted by atomic mass is 9.75. The van der Waals surface area contributed by atoms with Gasteiger partial charge in [0.2, 0.25) is 11.8 Å². The monoisotopic (exact) mass is 578 g/mol. The van der Waals surface area contributed by atoms with Crippen LogP contribution in [0.4, 0.5) is 10.3 Å². The highest BCUT2D eigenvalue weighted by Gasteiger charge is 2.56. The fourth-order valence-electron chi connectivity index (χ4n) is 6.35. The molecule has 1 N–H and O–H groups in total. The van der Waals surface area contributed by atoms with E-state index in [-0.39, 0.29) is 47.2 Å². The molecule has 2 heterocycles. The Morgan fingerprint density at radius 1 is 1.12 bits per heavy atom. The molecule has 41 heavy (non-hydrogen) atoms. The number of carbonyl (C=O) groups excluding carboxylic acids is 1. The SMILES string of the molecule is Cc1ccc(F)c(C)c1-c1cc2nc(n1)NS(=O)(=O)c1cccc(c1)C(=O)N(C1CC3(CC3)C1)C(CC(C)C)CO2. The minimum Gasteiger partial charge on any atom is -0.475 e. The number of benzene rings is 2. The maximum absolute atomic E-state index is 14.6. The summed E-state index contributed by atoms with van der Waals surface area (Å²) in [5.74, 6) is -0.345. The van der Waals surface area contributed by atoms with E-state index in [1.807, 2.05) is 11.8 Å². The number of hydrogen-bond acceptors (Lipinski definition) is 6. The summed E-state index contributed by atoms with van der Waals surface area (Å²) < 4.78 is 50.3. The quantitative estimate of drug-likeness (QED) is 0.414.